The number of pyridine rings is 1. The number of hydrogen-bond donors (Lipinski definition) is 4. The number of nitrogens with zero attached hydrogens (tertiary/aromatic N) is 4. The third-order valence-corrected chi connectivity index (χ3v) is 12.0. The molecule has 3 heterocycles. The van der Waals surface area contributed by atoms with Crippen LogP contribution in [0.15, 0.2) is 110 Å². The second-order valence-electron chi connectivity index (χ2n) is 15.0. The lowest BCUT2D eigenvalue weighted by molar-refractivity contribution is -0.124. The van der Waals surface area contributed by atoms with E-state index in [0.717, 1.165) is 26.6 Å². The summed E-state index contributed by atoms with van der Waals surface area (Å²) in [6, 6.07) is 25.2. The number of nitrogens with one attached hydrogen (secondary N) is 4. The topological polar surface area (TPSA) is 158 Å². The number of hydrogen-bond acceptors (Lipinski definition) is 10. The lowest BCUT2D eigenvalue weighted by Crippen LogP contribution is -2.34. The Labute approximate surface area is 352 Å². The number of carbonyl (C=O) groups excluding carboxylic acids is 4. The van der Waals surface area contributed by atoms with E-state index in [-0.39, 0.29) is 24.7 Å². The summed E-state index contributed by atoms with van der Waals surface area (Å²) in [6.07, 6.45) is 7.05. The van der Waals surface area contributed by atoms with E-state index in [2.05, 4.69) is 63.9 Å². The van der Waals surface area contributed by atoms with Gasteiger partial charge in [0.25, 0.3) is 0 Å². The van der Waals surface area contributed by atoms with Crippen molar-refractivity contribution in [1.82, 2.24) is 15.0 Å². The Kier molecular flexibility index (Phi) is 14.0. The molecule has 0 saturated heterocycles. The summed E-state index contributed by atoms with van der Waals surface area (Å²) < 4.78 is 0. The molecule has 0 saturated carbocycles. The molecule has 0 fully saturated rings. The van der Waals surface area contributed by atoms with Gasteiger partial charge in [0, 0.05) is 65.7 Å². The Hall–Kier alpha value is -6.25. The number of carbonyl (C=O) groups is 4. The second kappa shape index (κ2) is 19.5. The SMILES string of the molecule is CC(C)c1cnc(NC(=O)Cc2ccc(NC(=O)C(c3ccc(N(C)C)cc3)C(C(=O)Nc3ccc(CC(=O)Nc4ncc(C(C)C)s4)cc3)c3cccnc3)cc2)s1. The van der Waals surface area contributed by atoms with Crippen LogP contribution in [-0.4, -0.2) is 52.7 Å². The van der Waals surface area contributed by atoms with Crippen LogP contribution >= 0.6 is 22.7 Å². The van der Waals surface area contributed by atoms with Crippen molar-refractivity contribution in [3.63, 3.8) is 0 Å². The van der Waals surface area contributed by atoms with Crippen molar-refractivity contribution < 1.29 is 19.2 Å². The Morgan fingerprint density at radius 2 is 1.03 bits per heavy atom. The molecular formula is C45H48N8O4S2. The highest BCUT2D eigenvalue weighted by atomic mass is 32.1. The highest BCUT2D eigenvalue weighted by molar-refractivity contribution is 7.16. The van der Waals surface area contributed by atoms with Crippen molar-refractivity contribution in [2.75, 3.05) is 40.3 Å². The third-order valence-electron chi connectivity index (χ3n) is 9.56. The van der Waals surface area contributed by atoms with Crippen LogP contribution < -0.4 is 26.2 Å². The van der Waals surface area contributed by atoms with Crippen LogP contribution in [0.5, 0.6) is 0 Å². The normalized spacial score (nSPS) is 12.1. The van der Waals surface area contributed by atoms with Crippen LogP contribution in [0.4, 0.5) is 27.3 Å². The summed E-state index contributed by atoms with van der Waals surface area (Å²) >= 11 is 2.92. The van der Waals surface area contributed by atoms with Crippen molar-refractivity contribution in [3.05, 3.63) is 142 Å². The van der Waals surface area contributed by atoms with Gasteiger partial charge in [-0.3, -0.25) is 24.2 Å². The molecule has 6 aromatic rings. The number of thiazole rings is 2. The molecule has 0 radical (unpaired) electrons. The molecule has 0 bridgehead atoms. The highest BCUT2D eigenvalue weighted by Gasteiger charge is 2.37. The minimum atomic E-state index is -0.988. The molecule has 0 aliphatic heterocycles. The molecular weight excluding hydrogens is 781 g/mol. The number of amides is 4. The van der Waals surface area contributed by atoms with E-state index in [4.69, 9.17) is 0 Å². The van der Waals surface area contributed by atoms with Gasteiger partial charge in [0.1, 0.15) is 0 Å². The van der Waals surface area contributed by atoms with Crippen LogP contribution in [-0.2, 0) is 32.0 Å². The Morgan fingerprint density at radius 1 is 0.576 bits per heavy atom. The Morgan fingerprint density at radius 3 is 1.42 bits per heavy atom. The first kappa shape index (κ1) is 42.4. The zero-order valence-corrected chi connectivity index (χ0v) is 35.5. The summed E-state index contributed by atoms with van der Waals surface area (Å²) in [5.41, 5.74) is 4.66. The highest BCUT2D eigenvalue weighted by Crippen LogP contribution is 2.36. The first-order chi connectivity index (χ1) is 28.3. The van der Waals surface area contributed by atoms with Crippen molar-refractivity contribution in [2.45, 2.75) is 64.2 Å². The minimum absolute atomic E-state index is 0.133. The molecule has 4 N–H and O–H groups in total. The zero-order chi connectivity index (χ0) is 42.1. The molecule has 2 atom stereocenters. The molecule has 4 amide bonds. The van der Waals surface area contributed by atoms with Crippen molar-refractivity contribution in [2.24, 2.45) is 0 Å². The Bertz CT molecular complexity index is 2360. The van der Waals surface area contributed by atoms with Crippen LogP contribution in [0, 0.1) is 0 Å². The number of anilines is 5. The maximum absolute atomic E-state index is 14.5. The van der Waals surface area contributed by atoms with Gasteiger partial charge in [-0.1, -0.05) is 70.2 Å². The van der Waals surface area contributed by atoms with E-state index >= 15 is 0 Å². The van der Waals surface area contributed by atoms with Gasteiger partial charge in [0.15, 0.2) is 10.3 Å². The quantitative estimate of drug-likeness (QED) is 0.0754. The van der Waals surface area contributed by atoms with Gasteiger partial charge in [-0.25, -0.2) is 9.97 Å². The van der Waals surface area contributed by atoms with Gasteiger partial charge in [-0.05, 0) is 76.6 Å². The fraction of sp³-hybridized carbons (Fsp3) is 0.267. The molecule has 3 aromatic carbocycles. The molecule has 59 heavy (non-hydrogen) atoms. The lowest BCUT2D eigenvalue weighted by Gasteiger charge is -2.27. The molecule has 6 rings (SSSR count). The average molecular weight is 829 g/mol. The fourth-order valence-electron chi connectivity index (χ4n) is 6.30. The fourth-order valence-corrected chi connectivity index (χ4v) is 7.97. The van der Waals surface area contributed by atoms with E-state index in [1.807, 2.05) is 43.3 Å². The standard InChI is InChI=1S/C45H48N8O4S2/c1-27(2)36-25-47-44(58-36)51-38(54)22-29-9-15-33(16-10-29)49-42(56)40(31-13-19-35(20-14-31)53(5)6)41(32-8-7-21-46-24-32)43(57)50-34-17-11-30(12-18-34)23-39(55)52-45-48-26-37(59-45)28(3)4/h7-21,24-28,40-41H,22-23H2,1-6H3,(H,49,56)(H,50,57)(H,47,51,54)(H,48,52,55). The first-order valence-electron chi connectivity index (χ1n) is 19.3. The van der Waals surface area contributed by atoms with Gasteiger partial charge in [-0.15, -0.1) is 22.7 Å². The van der Waals surface area contributed by atoms with Gasteiger partial charge in [0.2, 0.25) is 23.6 Å². The van der Waals surface area contributed by atoms with Gasteiger partial charge in [-0.2, -0.15) is 0 Å². The second-order valence-corrected chi connectivity index (χ2v) is 17.1. The summed E-state index contributed by atoms with van der Waals surface area (Å²) in [5.74, 6) is -2.50. The van der Waals surface area contributed by atoms with Gasteiger partial charge < -0.3 is 26.2 Å². The zero-order valence-electron chi connectivity index (χ0n) is 33.9. The van der Waals surface area contributed by atoms with E-state index in [1.54, 1.807) is 85.5 Å². The van der Waals surface area contributed by atoms with Crippen molar-refractivity contribution >= 4 is 73.6 Å². The maximum atomic E-state index is 14.5. The van der Waals surface area contributed by atoms with Gasteiger partial charge in [0.05, 0.1) is 24.7 Å². The van der Waals surface area contributed by atoms with Crippen molar-refractivity contribution in [1.29, 1.82) is 0 Å². The van der Waals surface area contributed by atoms with Crippen LogP contribution in [0.1, 0.15) is 83.4 Å². The number of aromatic nitrogens is 3. The summed E-state index contributed by atoms with van der Waals surface area (Å²) in [6.45, 7) is 8.31. The van der Waals surface area contributed by atoms with E-state index in [9.17, 15) is 19.2 Å². The summed E-state index contributed by atoms with van der Waals surface area (Å²) in [4.78, 5) is 71.6. The summed E-state index contributed by atoms with van der Waals surface area (Å²) in [5, 5.41) is 12.9. The number of benzene rings is 3. The molecule has 12 nitrogen and oxygen atoms in total. The minimum Gasteiger partial charge on any atom is -0.378 e. The number of rotatable bonds is 16. The molecule has 3 aromatic heterocycles. The molecule has 0 spiro atoms. The van der Waals surface area contributed by atoms with E-state index in [0.29, 0.717) is 44.6 Å². The maximum Gasteiger partial charge on any atom is 0.233 e. The van der Waals surface area contributed by atoms with E-state index < -0.39 is 23.7 Å². The predicted molar refractivity (Wildman–Crippen MR) is 238 cm³/mol. The van der Waals surface area contributed by atoms with Crippen LogP contribution in [0.3, 0.4) is 0 Å². The monoisotopic (exact) mass is 828 g/mol. The molecule has 2 unspecified atom stereocenters. The largest absolute Gasteiger partial charge is 0.378 e. The Balaban J connectivity index is 1.19. The third kappa shape index (κ3) is 11.5. The predicted octanol–water partition coefficient (Wildman–Crippen LogP) is 8.81. The first-order valence-corrected chi connectivity index (χ1v) is 20.9. The van der Waals surface area contributed by atoms with Gasteiger partial charge >= 0.3 is 0 Å². The van der Waals surface area contributed by atoms with E-state index in [1.165, 1.54) is 22.7 Å². The average Bonchev–Trinajstić information content (AvgIpc) is 3.89. The smallest absolute Gasteiger partial charge is 0.233 e. The van der Waals surface area contributed by atoms with Crippen LogP contribution in [0.25, 0.3) is 0 Å². The molecule has 304 valence electrons. The molecule has 0 aliphatic rings. The summed E-state index contributed by atoms with van der Waals surface area (Å²) in [7, 11) is 3.86. The molecule has 14 heteroatoms. The van der Waals surface area contributed by atoms with Crippen LogP contribution in [0.2, 0.25) is 0 Å². The molecule has 0 aliphatic carbocycles. The van der Waals surface area contributed by atoms with Crippen molar-refractivity contribution in [3.8, 4) is 0 Å². The lowest BCUT2D eigenvalue weighted by atomic mass is 9.80.